The zero-order chi connectivity index (χ0) is 20.8. The third-order valence-electron chi connectivity index (χ3n) is 3.87. The minimum Gasteiger partial charge on any atom is -0.463 e. The highest BCUT2D eigenvalue weighted by atomic mass is 127. The highest BCUT2D eigenvalue weighted by Crippen LogP contribution is 2.37. The van der Waals surface area contributed by atoms with Crippen LogP contribution in [-0.2, 0) is 16.6 Å². The maximum absolute atomic E-state index is 14.7. The Morgan fingerprint density at radius 1 is 1.57 bits per heavy atom. The van der Waals surface area contributed by atoms with Crippen LogP contribution in [0.2, 0.25) is 0 Å². The van der Waals surface area contributed by atoms with Crippen LogP contribution in [0.3, 0.4) is 0 Å². The summed E-state index contributed by atoms with van der Waals surface area (Å²) in [6, 6.07) is 2.56. The number of carbonyl (C=O) groups excluding carboxylic acids is 1. The van der Waals surface area contributed by atoms with Crippen LogP contribution in [0.1, 0.15) is 30.9 Å². The zero-order valence-electron chi connectivity index (χ0n) is 15.1. The Balaban J connectivity index is 2.63. The number of aromatic nitrogens is 2. The smallest absolute Gasteiger partial charge is 0.330 e. The number of hydrogen-bond donors (Lipinski definition) is 0. The van der Waals surface area contributed by atoms with Crippen molar-refractivity contribution in [2.75, 3.05) is 6.61 Å². The number of ether oxygens (including phenoxy) is 1. The van der Waals surface area contributed by atoms with Crippen molar-refractivity contribution >= 4 is 40.3 Å². The maximum atomic E-state index is 14.7. The van der Waals surface area contributed by atoms with E-state index in [1.807, 2.05) is 35.6 Å². The van der Waals surface area contributed by atoms with Gasteiger partial charge in [0.2, 0.25) is 0 Å². The standard InChI is InChI=1S/C18H16FIN4O4/c1-3-4-7-28-16(25)6-5-11-12(9-21)17(13(19)8-15(11)24(26)27)18-14(20)10-22-23(18)2/h5-6,8,10H,3-4,7H2,1-2H3/b6-5+. The molecule has 0 saturated heterocycles. The first-order valence-electron chi connectivity index (χ1n) is 8.25. The molecule has 0 radical (unpaired) electrons. The zero-order valence-corrected chi connectivity index (χ0v) is 17.3. The van der Waals surface area contributed by atoms with E-state index in [4.69, 9.17) is 4.74 Å². The summed E-state index contributed by atoms with van der Waals surface area (Å²) in [7, 11) is 1.57. The molecule has 0 aliphatic rings. The number of nitro groups is 1. The van der Waals surface area contributed by atoms with E-state index in [0.717, 1.165) is 24.6 Å². The summed E-state index contributed by atoms with van der Waals surface area (Å²) in [5, 5.41) is 25.0. The Hall–Kier alpha value is -2.81. The van der Waals surface area contributed by atoms with Crippen LogP contribution in [0.5, 0.6) is 0 Å². The summed E-state index contributed by atoms with van der Waals surface area (Å²) in [4.78, 5) is 22.4. The van der Waals surface area contributed by atoms with Crippen molar-refractivity contribution in [2.24, 2.45) is 7.05 Å². The minimum atomic E-state index is -0.924. The van der Waals surface area contributed by atoms with E-state index in [2.05, 4.69) is 5.10 Å². The number of rotatable bonds is 7. The molecule has 8 nitrogen and oxygen atoms in total. The van der Waals surface area contributed by atoms with Crippen LogP contribution in [0.25, 0.3) is 17.3 Å². The van der Waals surface area contributed by atoms with E-state index >= 15 is 0 Å². The number of esters is 1. The first-order valence-corrected chi connectivity index (χ1v) is 9.33. The van der Waals surface area contributed by atoms with Crippen molar-refractivity contribution in [3.8, 4) is 17.3 Å². The van der Waals surface area contributed by atoms with Gasteiger partial charge in [-0.15, -0.1) is 0 Å². The second kappa shape index (κ2) is 9.41. The Bertz CT molecular complexity index is 975. The van der Waals surface area contributed by atoms with Crippen LogP contribution in [0.4, 0.5) is 10.1 Å². The van der Waals surface area contributed by atoms with Crippen LogP contribution in [0.15, 0.2) is 18.3 Å². The lowest BCUT2D eigenvalue weighted by Crippen LogP contribution is -2.05. The number of benzene rings is 1. The predicted octanol–water partition coefficient (Wildman–Crippen LogP) is 3.97. The second-order valence-electron chi connectivity index (χ2n) is 5.73. The van der Waals surface area contributed by atoms with E-state index in [1.54, 1.807) is 7.05 Å². The predicted molar refractivity (Wildman–Crippen MR) is 108 cm³/mol. The van der Waals surface area contributed by atoms with Gasteiger partial charge in [0.05, 0.1) is 49.7 Å². The summed E-state index contributed by atoms with van der Waals surface area (Å²) in [6.45, 7) is 2.15. The number of nitrogens with zero attached hydrogens (tertiary/aromatic N) is 4. The van der Waals surface area contributed by atoms with Crippen LogP contribution >= 0.6 is 22.6 Å². The van der Waals surface area contributed by atoms with Crippen molar-refractivity contribution in [3.63, 3.8) is 0 Å². The molecule has 0 fully saturated rings. The molecule has 1 heterocycles. The highest BCUT2D eigenvalue weighted by Gasteiger charge is 2.27. The number of nitro benzene ring substituents is 1. The lowest BCUT2D eigenvalue weighted by molar-refractivity contribution is -0.385. The van der Waals surface area contributed by atoms with E-state index in [1.165, 1.54) is 10.9 Å². The number of hydrogen-bond acceptors (Lipinski definition) is 6. The third-order valence-corrected chi connectivity index (χ3v) is 4.65. The fourth-order valence-corrected chi connectivity index (χ4v) is 3.27. The van der Waals surface area contributed by atoms with Gasteiger partial charge in [0, 0.05) is 13.1 Å². The van der Waals surface area contributed by atoms with E-state index in [9.17, 15) is 24.6 Å². The van der Waals surface area contributed by atoms with Gasteiger partial charge in [-0.05, 0) is 35.1 Å². The van der Waals surface area contributed by atoms with Crippen molar-refractivity contribution in [1.82, 2.24) is 9.78 Å². The van der Waals surface area contributed by atoms with E-state index in [-0.39, 0.29) is 23.3 Å². The normalized spacial score (nSPS) is 10.8. The molecule has 0 amide bonds. The molecule has 0 aliphatic heterocycles. The molecular formula is C18H16FIN4O4. The largest absolute Gasteiger partial charge is 0.463 e. The van der Waals surface area contributed by atoms with Gasteiger partial charge in [-0.1, -0.05) is 13.3 Å². The monoisotopic (exact) mass is 498 g/mol. The summed E-state index contributed by atoms with van der Waals surface area (Å²) < 4.78 is 21.7. The lowest BCUT2D eigenvalue weighted by atomic mass is 9.96. The van der Waals surface area contributed by atoms with Gasteiger partial charge in [-0.2, -0.15) is 10.4 Å². The molecule has 0 N–H and O–H groups in total. The fraction of sp³-hybridized carbons (Fsp3) is 0.278. The molecule has 0 spiro atoms. The molecule has 1 aromatic heterocycles. The third kappa shape index (κ3) is 4.53. The van der Waals surface area contributed by atoms with Gasteiger partial charge in [0.25, 0.3) is 5.69 Å². The summed E-state index contributed by atoms with van der Waals surface area (Å²) in [5.74, 6) is -1.62. The van der Waals surface area contributed by atoms with Gasteiger partial charge >= 0.3 is 5.97 Å². The first kappa shape index (κ1) is 21.5. The van der Waals surface area contributed by atoms with Crippen molar-refractivity contribution in [1.29, 1.82) is 5.26 Å². The first-order chi connectivity index (χ1) is 13.3. The van der Waals surface area contributed by atoms with Gasteiger partial charge in [0.15, 0.2) is 0 Å². The number of nitriles is 1. The highest BCUT2D eigenvalue weighted by molar-refractivity contribution is 14.1. The Morgan fingerprint density at radius 3 is 2.82 bits per heavy atom. The van der Waals surface area contributed by atoms with E-state index < -0.39 is 22.4 Å². The Kier molecular flexibility index (Phi) is 7.22. The quantitative estimate of drug-likeness (QED) is 0.143. The molecule has 0 bridgehead atoms. The van der Waals surface area contributed by atoms with Gasteiger partial charge in [-0.25, -0.2) is 9.18 Å². The molecule has 146 valence electrons. The molecule has 0 unspecified atom stereocenters. The topological polar surface area (TPSA) is 111 Å². The number of unbranched alkanes of at least 4 members (excludes halogenated alkanes) is 1. The number of carbonyl (C=O) groups is 1. The van der Waals surface area contributed by atoms with Crippen LogP contribution in [0, 0.1) is 30.8 Å². The van der Waals surface area contributed by atoms with Crippen molar-refractivity contribution < 1.29 is 18.8 Å². The molecule has 0 saturated carbocycles. The summed E-state index contributed by atoms with van der Waals surface area (Å²) in [5.41, 5.74) is -0.854. The lowest BCUT2D eigenvalue weighted by Gasteiger charge is -2.11. The Labute approximate surface area is 173 Å². The summed E-state index contributed by atoms with van der Waals surface area (Å²) >= 11 is 1.93. The molecule has 1 aromatic carbocycles. The van der Waals surface area contributed by atoms with Gasteiger partial charge < -0.3 is 4.74 Å². The average molecular weight is 498 g/mol. The average Bonchev–Trinajstić information content (AvgIpc) is 2.98. The van der Waals surface area contributed by atoms with E-state index in [0.29, 0.717) is 15.7 Å². The second-order valence-corrected chi connectivity index (χ2v) is 6.89. The maximum Gasteiger partial charge on any atom is 0.330 e. The number of aryl methyl sites for hydroxylation is 1. The van der Waals surface area contributed by atoms with Crippen LogP contribution < -0.4 is 0 Å². The molecule has 0 aliphatic carbocycles. The molecule has 2 aromatic rings. The minimum absolute atomic E-state index is 0.114. The van der Waals surface area contributed by atoms with Gasteiger partial charge in [0.1, 0.15) is 11.9 Å². The molecule has 0 atom stereocenters. The fourth-order valence-electron chi connectivity index (χ4n) is 2.53. The van der Waals surface area contributed by atoms with Crippen molar-refractivity contribution in [2.45, 2.75) is 19.8 Å². The Morgan fingerprint density at radius 2 is 2.29 bits per heavy atom. The number of halogens is 2. The SMILES string of the molecule is CCCCOC(=O)/C=C/c1c([N+](=O)[O-])cc(F)c(-c2c(I)cnn2C)c1C#N. The molecule has 10 heteroatoms. The molecule has 28 heavy (non-hydrogen) atoms. The summed E-state index contributed by atoms with van der Waals surface area (Å²) in [6.07, 6.45) is 5.11. The molecular weight excluding hydrogens is 482 g/mol. The molecule has 2 rings (SSSR count). The van der Waals surface area contributed by atoms with Gasteiger partial charge in [-0.3, -0.25) is 14.8 Å². The van der Waals surface area contributed by atoms with Crippen LogP contribution in [-0.4, -0.2) is 27.3 Å². The van der Waals surface area contributed by atoms with Crippen molar-refractivity contribution in [3.05, 3.63) is 49.0 Å².